The van der Waals surface area contributed by atoms with Gasteiger partial charge in [0.2, 0.25) is 0 Å². The molecule has 1 aliphatic heterocycles. The molecule has 1 aliphatic rings. The smallest absolute Gasteiger partial charge is 0.407 e. The van der Waals surface area contributed by atoms with Crippen molar-refractivity contribution in [1.29, 1.82) is 0 Å². The second kappa shape index (κ2) is 4.40. The van der Waals surface area contributed by atoms with Crippen LogP contribution in [-0.2, 0) is 4.74 Å². The SMILES string of the molecule is COc1cc(O)c([C@H]2COC(=O)N2)c(OC)c1. The topological polar surface area (TPSA) is 77.0 Å². The van der Waals surface area contributed by atoms with Gasteiger partial charge in [-0.15, -0.1) is 0 Å². The van der Waals surface area contributed by atoms with Crippen LogP contribution in [0.15, 0.2) is 12.1 Å². The molecule has 1 fully saturated rings. The van der Waals surface area contributed by atoms with Crippen molar-refractivity contribution < 1.29 is 24.1 Å². The highest BCUT2D eigenvalue weighted by atomic mass is 16.6. The van der Waals surface area contributed by atoms with Gasteiger partial charge in [0, 0.05) is 12.1 Å². The molecule has 0 radical (unpaired) electrons. The van der Waals surface area contributed by atoms with E-state index in [0.717, 1.165) is 0 Å². The fourth-order valence-corrected chi connectivity index (χ4v) is 1.76. The minimum Gasteiger partial charge on any atom is -0.507 e. The number of phenolic OH excluding ortho intramolecular Hbond substituents is 1. The maximum absolute atomic E-state index is 11.0. The lowest BCUT2D eigenvalue weighted by Crippen LogP contribution is -2.19. The van der Waals surface area contributed by atoms with Crippen LogP contribution in [0.4, 0.5) is 4.79 Å². The van der Waals surface area contributed by atoms with E-state index in [1.54, 1.807) is 6.07 Å². The molecular formula is C11H13NO5. The Morgan fingerprint density at radius 1 is 1.41 bits per heavy atom. The van der Waals surface area contributed by atoms with Crippen molar-refractivity contribution in [3.8, 4) is 17.2 Å². The van der Waals surface area contributed by atoms with Crippen LogP contribution >= 0.6 is 0 Å². The zero-order valence-electron chi connectivity index (χ0n) is 9.52. The molecule has 6 nitrogen and oxygen atoms in total. The van der Waals surface area contributed by atoms with Crippen LogP contribution in [0.5, 0.6) is 17.2 Å². The lowest BCUT2D eigenvalue weighted by Gasteiger charge is -2.15. The van der Waals surface area contributed by atoms with Crippen LogP contribution in [0.1, 0.15) is 11.6 Å². The summed E-state index contributed by atoms with van der Waals surface area (Å²) in [4.78, 5) is 11.0. The molecule has 2 rings (SSSR count). The number of hydrogen-bond donors (Lipinski definition) is 2. The van der Waals surface area contributed by atoms with Gasteiger partial charge in [-0.2, -0.15) is 0 Å². The van der Waals surface area contributed by atoms with Crippen LogP contribution < -0.4 is 14.8 Å². The van der Waals surface area contributed by atoms with Gasteiger partial charge in [-0.25, -0.2) is 4.79 Å². The minimum absolute atomic E-state index is 0.00278. The Balaban J connectivity index is 2.41. The number of methoxy groups -OCH3 is 2. The van der Waals surface area contributed by atoms with Gasteiger partial charge >= 0.3 is 6.09 Å². The second-order valence-electron chi connectivity index (χ2n) is 3.56. The summed E-state index contributed by atoms with van der Waals surface area (Å²) in [6, 6.07) is 2.69. The van der Waals surface area contributed by atoms with Gasteiger partial charge < -0.3 is 24.6 Å². The number of cyclic esters (lactones) is 1. The average Bonchev–Trinajstić information content (AvgIpc) is 2.74. The zero-order chi connectivity index (χ0) is 12.4. The number of alkyl carbamates (subject to hydrolysis) is 1. The summed E-state index contributed by atoms with van der Waals surface area (Å²) >= 11 is 0. The summed E-state index contributed by atoms with van der Waals surface area (Å²) in [5.74, 6) is 0.919. The number of carbonyl (C=O) groups is 1. The first kappa shape index (κ1) is 11.4. The largest absolute Gasteiger partial charge is 0.507 e. The molecule has 0 unspecified atom stereocenters. The van der Waals surface area contributed by atoms with Crippen molar-refractivity contribution >= 4 is 6.09 Å². The zero-order valence-corrected chi connectivity index (χ0v) is 9.52. The van der Waals surface area contributed by atoms with Crippen molar-refractivity contribution in [2.24, 2.45) is 0 Å². The maximum atomic E-state index is 11.0. The summed E-state index contributed by atoms with van der Waals surface area (Å²) < 4.78 is 15.0. The van der Waals surface area contributed by atoms with Gasteiger partial charge in [0.05, 0.1) is 25.8 Å². The van der Waals surface area contributed by atoms with Gasteiger partial charge in [0.15, 0.2) is 0 Å². The fourth-order valence-electron chi connectivity index (χ4n) is 1.76. The maximum Gasteiger partial charge on any atom is 0.407 e. The van der Waals surface area contributed by atoms with E-state index in [2.05, 4.69) is 5.32 Å². The number of amides is 1. The monoisotopic (exact) mass is 239 g/mol. The van der Waals surface area contributed by atoms with Crippen LogP contribution in [0, 0.1) is 0 Å². The summed E-state index contributed by atoms with van der Waals surface area (Å²) in [6.45, 7) is 0.162. The normalized spacial score (nSPS) is 18.5. The Labute approximate surface area is 98.1 Å². The number of aromatic hydroxyl groups is 1. The van der Waals surface area contributed by atoms with Crippen molar-refractivity contribution in [2.45, 2.75) is 6.04 Å². The highest BCUT2D eigenvalue weighted by Gasteiger charge is 2.29. The minimum atomic E-state index is -0.507. The van der Waals surface area contributed by atoms with Gasteiger partial charge in [-0.05, 0) is 0 Å². The van der Waals surface area contributed by atoms with Crippen molar-refractivity contribution in [3.63, 3.8) is 0 Å². The molecule has 0 aromatic heterocycles. The van der Waals surface area contributed by atoms with E-state index >= 15 is 0 Å². The molecule has 0 saturated carbocycles. The van der Waals surface area contributed by atoms with E-state index in [9.17, 15) is 9.90 Å². The molecule has 1 aromatic rings. The predicted octanol–water partition coefficient (Wildman–Crippen LogP) is 1.19. The Kier molecular flexibility index (Phi) is 2.95. The molecule has 1 amide bonds. The number of hydrogen-bond acceptors (Lipinski definition) is 5. The first-order chi connectivity index (χ1) is 8.15. The first-order valence-corrected chi connectivity index (χ1v) is 5.04. The molecule has 1 heterocycles. The van der Waals surface area contributed by atoms with Crippen LogP contribution in [0.2, 0.25) is 0 Å². The number of rotatable bonds is 3. The molecule has 0 spiro atoms. The number of nitrogens with one attached hydrogen (secondary N) is 1. The lowest BCUT2D eigenvalue weighted by molar-refractivity contribution is 0.176. The standard InChI is InChI=1S/C11H13NO5/c1-15-6-3-8(13)10(9(4-6)16-2)7-5-17-11(14)12-7/h3-4,7,13H,5H2,1-2H3,(H,12,14)/t7-/m1/s1. The molecule has 6 heteroatoms. The molecule has 0 bridgehead atoms. The second-order valence-corrected chi connectivity index (χ2v) is 3.56. The summed E-state index contributed by atoms with van der Waals surface area (Å²) in [5, 5.41) is 12.5. The number of phenols is 1. The van der Waals surface area contributed by atoms with E-state index in [0.29, 0.717) is 17.1 Å². The average molecular weight is 239 g/mol. The highest BCUT2D eigenvalue weighted by Crippen LogP contribution is 2.38. The van der Waals surface area contributed by atoms with Crippen LogP contribution in [0.3, 0.4) is 0 Å². The quantitative estimate of drug-likeness (QED) is 0.828. The van der Waals surface area contributed by atoms with Gasteiger partial charge in [0.1, 0.15) is 23.9 Å². The Bertz CT molecular complexity index is 446. The van der Waals surface area contributed by atoms with E-state index in [1.165, 1.54) is 20.3 Å². The van der Waals surface area contributed by atoms with Gasteiger partial charge in [-0.3, -0.25) is 0 Å². The third-order valence-corrected chi connectivity index (χ3v) is 2.57. The Morgan fingerprint density at radius 2 is 2.18 bits per heavy atom. The Hall–Kier alpha value is -2.11. The molecule has 1 saturated heterocycles. The van der Waals surface area contributed by atoms with Crippen LogP contribution in [-0.4, -0.2) is 32.0 Å². The predicted molar refractivity (Wildman–Crippen MR) is 58.4 cm³/mol. The van der Waals surface area contributed by atoms with E-state index in [-0.39, 0.29) is 12.4 Å². The number of carbonyl (C=O) groups excluding carboxylic acids is 1. The van der Waals surface area contributed by atoms with Crippen LogP contribution in [0.25, 0.3) is 0 Å². The highest BCUT2D eigenvalue weighted by molar-refractivity contribution is 5.71. The molecule has 0 aliphatic carbocycles. The summed E-state index contributed by atoms with van der Waals surface area (Å²) in [7, 11) is 2.98. The molecule has 17 heavy (non-hydrogen) atoms. The van der Waals surface area contributed by atoms with E-state index < -0.39 is 12.1 Å². The third kappa shape index (κ3) is 2.06. The molecule has 92 valence electrons. The van der Waals surface area contributed by atoms with E-state index in [4.69, 9.17) is 14.2 Å². The van der Waals surface area contributed by atoms with Crippen molar-refractivity contribution in [1.82, 2.24) is 5.32 Å². The molecular weight excluding hydrogens is 226 g/mol. The third-order valence-electron chi connectivity index (χ3n) is 2.57. The van der Waals surface area contributed by atoms with Gasteiger partial charge in [-0.1, -0.05) is 0 Å². The summed E-state index contributed by atoms with van der Waals surface area (Å²) in [5.41, 5.74) is 0.485. The van der Waals surface area contributed by atoms with Crippen molar-refractivity contribution in [3.05, 3.63) is 17.7 Å². The van der Waals surface area contributed by atoms with Gasteiger partial charge in [0.25, 0.3) is 0 Å². The fraction of sp³-hybridized carbons (Fsp3) is 0.364. The molecule has 1 aromatic carbocycles. The first-order valence-electron chi connectivity index (χ1n) is 5.04. The lowest BCUT2D eigenvalue weighted by atomic mass is 10.1. The Morgan fingerprint density at radius 3 is 2.71 bits per heavy atom. The van der Waals surface area contributed by atoms with Crippen molar-refractivity contribution in [2.75, 3.05) is 20.8 Å². The van der Waals surface area contributed by atoms with E-state index in [1.807, 2.05) is 0 Å². The number of benzene rings is 1. The summed E-state index contributed by atoms with van der Waals surface area (Å²) in [6.07, 6.45) is -0.507. The number of ether oxygens (including phenoxy) is 3. The molecule has 2 N–H and O–H groups in total. The molecule has 1 atom stereocenters.